The van der Waals surface area contributed by atoms with E-state index in [9.17, 15) is 9.59 Å². The number of nitrogens with one attached hydrogen (secondary N) is 1. The summed E-state index contributed by atoms with van der Waals surface area (Å²) in [6.07, 6.45) is 1.70. The molecular formula is C14H17N3O2. The Kier molecular flexibility index (Phi) is 3.40. The largest absolute Gasteiger partial charge is 0.314 e. The number of carbonyl (C=O) groups excluding carboxylic acids is 1. The Hall–Kier alpha value is -2.14. The fourth-order valence-corrected chi connectivity index (χ4v) is 2.05. The second kappa shape index (κ2) is 4.85. The zero-order valence-corrected chi connectivity index (χ0v) is 11.0. The summed E-state index contributed by atoms with van der Waals surface area (Å²) in [6, 6.07) is 9.25. The molecular weight excluding hydrogens is 242 g/mol. The molecule has 0 saturated heterocycles. The number of rotatable bonds is 3. The van der Waals surface area contributed by atoms with Crippen LogP contribution in [-0.4, -0.2) is 10.5 Å². The van der Waals surface area contributed by atoms with E-state index in [4.69, 9.17) is 5.84 Å². The number of hydrogen-bond donors (Lipinski definition) is 2. The normalized spacial score (nSPS) is 11.5. The first-order chi connectivity index (χ1) is 8.95. The average Bonchev–Trinajstić information content (AvgIpc) is 2.41. The van der Waals surface area contributed by atoms with Crippen LogP contribution in [0.3, 0.4) is 0 Å². The van der Waals surface area contributed by atoms with Crippen LogP contribution in [0.1, 0.15) is 13.8 Å². The number of hydrazine groups is 1. The van der Waals surface area contributed by atoms with Crippen LogP contribution >= 0.6 is 0 Å². The van der Waals surface area contributed by atoms with E-state index in [1.54, 1.807) is 26.1 Å². The molecule has 1 aromatic heterocycles. The van der Waals surface area contributed by atoms with Crippen molar-refractivity contribution in [3.05, 3.63) is 46.9 Å². The van der Waals surface area contributed by atoms with Crippen molar-refractivity contribution >= 4 is 16.7 Å². The van der Waals surface area contributed by atoms with Gasteiger partial charge in [-0.3, -0.25) is 15.0 Å². The molecule has 0 aliphatic carbocycles. The number of pyridine rings is 1. The number of fused-ring (bicyclic) bond motifs is 1. The molecule has 0 spiro atoms. The minimum absolute atomic E-state index is 0.101. The summed E-state index contributed by atoms with van der Waals surface area (Å²) in [5.74, 6) is 4.85. The Morgan fingerprint density at radius 1 is 1.32 bits per heavy atom. The Morgan fingerprint density at radius 2 is 2.00 bits per heavy atom. The summed E-state index contributed by atoms with van der Waals surface area (Å²) in [6.45, 7) is 3.77. The number of amides is 1. The maximum Gasteiger partial charge on any atom is 0.258 e. The summed E-state index contributed by atoms with van der Waals surface area (Å²) in [5, 5.41) is 1.54. The quantitative estimate of drug-likeness (QED) is 0.491. The molecule has 3 N–H and O–H groups in total. The van der Waals surface area contributed by atoms with E-state index >= 15 is 0 Å². The lowest BCUT2D eigenvalue weighted by molar-refractivity contribution is -0.130. The van der Waals surface area contributed by atoms with Crippen LogP contribution in [0.2, 0.25) is 0 Å². The van der Waals surface area contributed by atoms with Crippen molar-refractivity contribution in [3.8, 4) is 0 Å². The average molecular weight is 259 g/mol. The Labute approximate surface area is 111 Å². The number of nitrogens with zero attached hydrogens (tertiary/aromatic N) is 1. The van der Waals surface area contributed by atoms with Crippen LogP contribution in [0.25, 0.3) is 10.8 Å². The summed E-state index contributed by atoms with van der Waals surface area (Å²) >= 11 is 0. The van der Waals surface area contributed by atoms with Crippen LogP contribution < -0.4 is 16.8 Å². The Morgan fingerprint density at radius 3 is 2.68 bits per heavy atom. The van der Waals surface area contributed by atoms with Crippen LogP contribution in [0, 0.1) is 5.41 Å². The predicted molar refractivity (Wildman–Crippen MR) is 74.3 cm³/mol. The van der Waals surface area contributed by atoms with Crippen molar-refractivity contribution in [2.75, 3.05) is 0 Å². The first kappa shape index (κ1) is 13.3. The molecule has 0 aliphatic rings. The van der Waals surface area contributed by atoms with E-state index in [1.807, 2.05) is 24.3 Å². The van der Waals surface area contributed by atoms with E-state index < -0.39 is 5.41 Å². The highest BCUT2D eigenvalue weighted by Gasteiger charge is 2.27. The highest BCUT2D eigenvalue weighted by molar-refractivity contribution is 5.82. The lowest BCUT2D eigenvalue weighted by Crippen LogP contribution is -2.44. The second-order valence-corrected chi connectivity index (χ2v) is 5.19. The molecule has 5 heteroatoms. The van der Waals surface area contributed by atoms with Crippen LogP contribution in [-0.2, 0) is 11.3 Å². The fourth-order valence-electron chi connectivity index (χ4n) is 2.05. The zero-order chi connectivity index (χ0) is 14.0. The summed E-state index contributed by atoms with van der Waals surface area (Å²) < 4.78 is 1.54. The molecule has 19 heavy (non-hydrogen) atoms. The lowest BCUT2D eigenvalue weighted by Gasteiger charge is -2.23. The van der Waals surface area contributed by atoms with Gasteiger partial charge >= 0.3 is 0 Å². The van der Waals surface area contributed by atoms with Gasteiger partial charge in [0.25, 0.3) is 5.56 Å². The van der Waals surface area contributed by atoms with E-state index in [0.29, 0.717) is 5.39 Å². The maximum absolute atomic E-state index is 12.3. The standard InChI is InChI=1S/C14H17N3O2/c1-14(2,13(19)16-15)9-17-8-7-10-5-3-4-6-11(10)12(17)18/h3-8H,9,15H2,1-2H3,(H,16,19). The Balaban J connectivity index is 2.45. The van der Waals surface area contributed by atoms with Crippen LogP contribution in [0.4, 0.5) is 0 Å². The number of hydrogen-bond acceptors (Lipinski definition) is 3. The first-order valence-electron chi connectivity index (χ1n) is 6.05. The number of carbonyl (C=O) groups is 1. The van der Waals surface area contributed by atoms with Crippen molar-refractivity contribution in [1.82, 2.24) is 9.99 Å². The third-order valence-electron chi connectivity index (χ3n) is 3.20. The molecule has 0 unspecified atom stereocenters. The second-order valence-electron chi connectivity index (χ2n) is 5.19. The molecule has 1 amide bonds. The van der Waals surface area contributed by atoms with Gasteiger partial charge in [-0.2, -0.15) is 0 Å². The van der Waals surface area contributed by atoms with E-state index in [-0.39, 0.29) is 18.0 Å². The molecule has 2 rings (SSSR count). The highest BCUT2D eigenvalue weighted by atomic mass is 16.2. The van der Waals surface area contributed by atoms with Gasteiger partial charge in [0, 0.05) is 18.1 Å². The van der Waals surface area contributed by atoms with Gasteiger partial charge < -0.3 is 4.57 Å². The Bertz CT molecular complexity index is 674. The maximum atomic E-state index is 12.3. The lowest BCUT2D eigenvalue weighted by atomic mass is 9.92. The minimum atomic E-state index is -0.749. The fraction of sp³-hybridized carbons (Fsp3) is 0.286. The van der Waals surface area contributed by atoms with Gasteiger partial charge in [-0.05, 0) is 31.4 Å². The number of benzene rings is 1. The van der Waals surface area contributed by atoms with Crippen LogP contribution in [0.5, 0.6) is 0 Å². The van der Waals surface area contributed by atoms with Gasteiger partial charge in [0.2, 0.25) is 5.91 Å². The van der Waals surface area contributed by atoms with Crippen molar-refractivity contribution in [3.63, 3.8) is 0 Å². The van der Waals surface area contributed by atoms with Crippen molar-refractivity contribution in [1.29, 1.82) is 0 Å². The summed E-state index contributed by atoms with van der Waals surface area (Å²) in [5.41, 5.74) is 1.28. The molecule has 0 radical (unpaired) electrons. The molecule has 0 aliphatic heterocycles. The van der Waals surface area contributed by atoms with Gasteiger partial charge in [-0.25, -0.2) is 5.84 Å². The predicted octanol–water partition coefficient (Wildman–Crippen LogP) is 1.02. The topological polar surface area (TPSA) is 77.1 Å². The third-order valence-corrected chi connectivity index (χ3v) is 3.20. The zero-order valence-electron chi connectivity index (χ0n) is 11.0. The molecule has 0 fully saturated rings. The van der Waals surface area contributed by atoms with Gasteiger partial charge in [0.1, 0.15) is 0 Å². The van der Waals surface area contributed by atoms with Gasteiger partial charge in [0.15, 0.2) is 0 Å². The molecule has 100 valence electrons. The summed E-state index contributed by atoms with van der Waals surface area (Å²) in [4.78, 5) is 24.0. The first-order valence-corrected chi connectivity index (χ1v) is 6.05. The van der Waals surface area contributed by atoms with E-state index in [0.717, 1.165) is 5.39 Å². The van der Waals surface area contributed by atoms with Gasteiger partial charge in [0.05, 0.1) is 5.41 Å². The van der Waals surface area contributed by atoms with Crippen molar-refractivity contribution in [2.45, 2.75) is 20.4 Å². The molecule has 0 atom stereocenters. The van der Waals surface area contributed by atoms with Gasteiger partial charge in [-0.1, -0.05) is 18.2 Å². The highest BCUT2D eigenvalue weighted by Crippen LogP contribution is 2.18. The molecule has 1 heterocycles. The monoisotopic (exact) mass is 259 g/mol. The summed E-state index contributed by atoms with van der Waals surface area (Å²) in [7, 11) is 0. The third kappa shape index (κ3) is 2.51. The molecule has 1 aromatic carbocycles. The van der Waals surface area contributed by atoms with E-state index in [2.05, 4.69) is 5.43 Å². The smallest absolute Gasteiger partial charge is 0.258 e. The number of nitrogens with two attached hydrogens (primary N) is 1. The van der Waals surface area contributed by atoms with E-state index in [1.165, 1.54) is 4.57 Å². The minimum Gasteiger partial charge on any atom is -0.314 e. The SMILES string of the molecule is CC(C)(Cn1ccc2ccccc2c1=O)C(=O)NN. The van der Waals surface area contributed by atoms with Crippen molar-refractivity contribution in [2.24, 2.45) is 11.3 Å². The molecule has 0 bridgehead atoms. The van der Waals surface area contributed by atoms with Crippen LogP contribution in [0.15, 0.2) is 41.3 Å². The van der Waals surface area contributed by atoms with Crippen molar-refractivity contribution < 1.29 is 4.79 Å². The molecule has 2 aromatic rings. The van der Waals surface area contributed by atoms with Gasteiger partial charge in [-0.15, -0.1) is 0 Å². The molecule has 5 nitrogen and oxygen atoms in total. The molecule has 0 saturated carbocycles. The number of aromatic nitrogens is 1.